The zero-order valence-corrected chi connectivity index (χ0v) is 22.8. The minimum Gasteiger partial charge on any atom is -0.459 e. The first-order valence-corrected chi connectivity index (χ1v) is 13.6. The van der Waals surface area contributed by atoms with E-state index in [0.717, 1.165) is 16.9 Å². The zero-order valence-electron chi connectivity index (χ0n) is 21.2. The van der Waals surface area contributed by atoms with E-state index in [0.29, 0.717) is 38.9 Å². The molecule has 0 radical (unpaired) electrons. The summed E-state index contributed by atoms with van der Waals surface area (Å²) < 4.78 is 13.4. The Morgan fingerprint density at radius 1 is 1.05 bits per heavy atom. The van der Waals surface area contributed by atoms with Crippen LogP contribution in [0.2, 0.25) is 5.02 Å². The Kier molecular flexibility index (Phi) is 7.72. The van der Waals surface area contributed by atoms with Gasteiger partial charge in [0.05, 0.1) is 11.7 Å². The number of esters is 1. The number of para-hydroxylation sites is 1. The van der Waals surface area contributed by atoms with Crippen LogP contribution in [0, 0.1) is 0 Å². The molecule has 0 fully saturated rings. The number of aromatic nitrogens is 3. The number of carbonyl (C=O) groups excluding carboxylic acids is 1. The Balaban J connectivity index is 1.51. The van der Waals surface area contributed by atoms with E-state index in [4.69, 9.17) is 31.2 Å². The number of hydrogen-bond acceptors (Lipinski definition) is 7. The third-order valence-electron chi connectivity index (χ3n) is 5.86. The second-order valence-electron chi connectivity index (χ2n) is 9.05. The van der Waals surface area contributed by atoms with E-state index in [1.807, 2.05) is 99.6 Å². The van der Waals surface area contributed by atoms with Crippen molar-refractivity contribution < 1.29 is 14.3 Å². The lowest BCUT2D eigenvalue weighted by Gasteiger charge is -2.28. The van der Waals surface area contributed by atoms with Gasteiger partial charge in [-0.1, -0.05) is 71.9 Å². The van der Waals surface area contributed by atoms with Crippen molar-refractivity contribution in [3.8, 4) is 11.5 Å². The summed E-state index contributed by atoms with van der Waals surface area (Å²) in [4.78, 5) is 18.0. The summed E-state index contributed by atoms with van der Waals surface area (Å²) >= 11 is 7.82. The van der Waals surface area contributed by atoms with Crippen LogP contribution >= 0.6 is 23.4 Å². The Morgan fingerprint density at radius 2 is 1.79 bits per heavy atom. The normalized spacial score (nSPS) is 14.7. The fourth-order valence-electron chi connectivity index (χ4n) is 4.17. The van der Waals surface area contributed by atoms with Crippen LogP contribution in [0.25, 0.3) is 0 Å². The van der Waals surface area contributed by atoms with Crippen molar-refractivity contribution >= 4 is 35.3 Å². The Hall–Kier alpha value is -3.75. The molecule has 7 nitrogen and oxygen atoms in total. The first kappa shape index (κ1) is 25.9. The molecular formula is C29H27ClN4O3S. The number of fused-ring (bicyclic) bond motifs is 1. The van der Waals surface area contributed by atoms with Crippen molar-refractivity contribution in [2.45, 2.75) is 43.8 Å². The number of ether oxygens (including phenoxy) is 2. The summed E-state index contributed by atoms with van der Waals surface area (Å²) in [6.07, 6.45) is -0.268. The van der Waals surface area contributed by atoms with E-state index in [2.05, 4.69) is 5.32 Å². The lowest BCUT2D eigenvalue weighted by Crippen LogP contribution is -2.30. The number of allylic oxidation sites excluding steroid dienone is 1. The molecule has 0 aliphatic carbocycles. The lowest BCUT2D eigenvalue weighted by molar-refractivity contribution is -0.143. The minimum absolute atomic E-state index is 0.268. The summed E-state index contributed by atoms with van der Waals surface area (Å²) in [5.74, 6) is 2.13. The second-order valence-corrected chi connectivity index (χ2v) is 10.4. The van der Waals surface area contributed by atoms with Gasteiger partial charge in [-0.2, -0.15) is 4.98 Å². The fourth-order valence-corrected chi connectivity index (χ4v) is 5.29. The highest BCUT2D eigenvalue weighted by atomic mass is 35.5. The fraction of sp³-hybridized carbons (Fsp3) is 0.207. The average Bonchev–Trinajstić information content (AvgIpc) is 3.30. The number of nitrogens with zero attached hydrogens (tertiary/aromatic N) is 3. The summed E-state index contributed by atoms with van der Waals surface area (Å²) in [5, 5.41) is 9.31. The Morgan fingerprint density at radius 3 is 2.55 bits per heavy atom. The molecular weight excluding hydrogens is 520 g/mol. The molecule has 5 rings (SSSR count). The van der Waals surface area contributed by atoms with Gasteiger partial charge in [0.25, 0.3) is 0 Å². The van der Waals surface area contributed by atoms with Crippen LogP contribution in [0.3, 0.4) is 0 Å². The van der Waals surface area contributed by atoms with Crippen LogP contribution in [0.1, 0.15) is 37.9 Å². The standard InChI is InChI=1S/C29H27ClN4O3S/c1-18(2)36-27(35)25-19(3)31-28-32-29(38-17-21-10-7-8-15-24(21)30)33-34(28)26(25)20-11-9-14-23(16-20)37-22-12-5-4-6-13-22/h4-16,18,26H,17H2,1-3H3,(H,31,32,33). The molecule has 0 saturated heterocycles. The van der Waals surface area contributed by atoms with E-state index >= 15 is 0 Å². The number of benzene rings is 3. The number of nitrogens with one attached hydrogen (secondary N) is 1. The molecule has 1 aromatic heterocycles. The van der Waals surface area contributed by atoms with Crippen molar-refractivity contribution in [1.29, 1.82) is 0 Å². The zero-order chi connectivity index (χ0) is 26.6. The molecule has 0 bridgehead atoms. The number of carbonyl (C=O) groups is 1. The van der Waals surface area contributed by atoms with Crippen molar-refractivity contribution in [3.63, 3.8) is 0 Å². The number of anilines is 1. The summed E-state index contributed by atoms with van der Waals surface area (Å²) in [7, 11) is 0. The molecule has 1 aliphatic heterocycles. The third-order valence-corrected chi connectivity index (χ3v) is 7.12. The van der Waals surface area contributed by atoms with Gasteiger partial charge in [-0.25, -0.2) is 9.48 Å². The van der Waals surface area contributed by atoms with Gasteiger partial charge < -0.3 is 14.8 Å². The number of rotatable bonds is 8. The maximum Gasteiger partial charge on any atom is 0.338 e. The largest absolute Gasteiger partial charge is 0.459 e. The lowest BCUT2D eigenvalue weighted by atomic mass is 9.95. The predicted molar refractivity (Wildman–Crippen MR) is 150 cm³/mol. The van der Waals surface area contributed by atoms with Gasteiger partial charge in [-0.15, -0.1) is 5.10 Å². The number of halogens is 1. The van der Waals surface area contributed by atoms with Crippen molar-refractivity contribution in [3.05, 3.63) is 106 Å². The molecule has 38 heavy (non-hydrogen) atoms. The smallest absolute Gasteiger partial charge is 0.338 e. The molecule has 1 atom stereocenters. The van der Waals surface area contributed by atoms with E-state index in [-0.39, 0.29) is 6.10 Å². The highest BCUT2D eigenvalue weighted by Gasteiger charge is 2.35. The molecule has 1 aliphatic rings. The van der Waals surface area contributed by atoms with Crippen LogP contribution in [0.5, 0.6) is 11.5 Å². The minimum atomic E-state index is -0.556. The molecule has 0 saturated carbocycles. The maximum absolute atomic E-state index is 13.3. The first-order chi connectivity index (χ1) is 18.4. The van der Waals surface area contributed by atoms with Gasteiger partial charge in [0.2, 0.25) is 11.1 Å². The number of thioether (sulfide) groups is 1. The van der Waals surface area contributed by atoms with Crippen molar-refractivity contribution in [2.24, 2.45) is 0 Å². The van der Waals surface area contributed by atoms with Crippen LogP contribution in [-0.2, 0) is 15.3 Å². The molecule has 9 heteroatoms. The summed E-state index contributed by atoms with van der Waals surface area (Å²) in [6, 6.07) is 24.4. The molecule has 1 N–H and O–H groups in total. The third kappa shape index (κ3) is 5.71. The molecule has 2 heterocycles. The highest BCUT2D eigenvalue weighted by molar-refractivity contribution is 7.98. The highest BCUT2D eigenvalue weighted by Crippen LogP contribution is 2.38. The molecule has 1 unspecified atom stereocenters. The molecule has 0 amide bonds. The topological polar surface area (TPSA) is 78.3 Å². The van der Waals surface area contributed by atoms with Crippen LogP contribution in [-0.4, -0.2) is 26.8 Å². The van der Waals surface area contributed by atoms with Gasteiger partial charge in [0.1, 0.15) is 17.5 Å². The van der Waals surface area contributed by atoms with Crippen molar-refractivity contribution in [1.82, 2.24) is 14.8 Å². The van der Waals surface area contributed by atoms with E-state index in [1.165, 1.54) is 11.8 Å². The predicted octanol–water partition coefficient (Wildman–Crippen LogP) is 7.26. The maximum atomic E-state index is 13.3. The number of hydrogen-bond donors (Lipinski definition) is 1. The van der Waals surface area contributed by atoms with E-state index < -0.39 is 12.0 Å². The average molecular weight is 547 g/mol. The van der Waals surface area contributed by atoms with Gasteiger partial charge in [0, 0.05) is 16.5 Å². The molecule has 194 valence electrons. The van der Waals surface area contributed by atoms with E-state index in [9.17, 15) is 4.79 Å². The molecule has 4 aromatic rings. The van der Waals surface area contributed by atoms with Crippen LogP contribution in [0.15, 0.2) is 95.3 Å². The van der Waals surface area contributed by atoms with Gasteiger partial charge >= 0.3 is 5.97 Å². The molecule has 0 spiro atoms. The SMILES string of the molecule is CC1=C(C(=O)OC(C)C)C(c2cccc(Oc3ccccc3)c2)n2nc(SCc3ccccc3Cl)nc2N1. The monoisotopic (exact) mass is 546 g/mol. The van der Waals surface area contributed by atoms with Crippen LogP contribution < -0.4 is 10.1 Å². The second kappa shape index (κ2) is 11.3. The quantitative estimate of drug-likeness (QED) is 0.184. The van der Waals surface area contributed by atoms with E-state index in [1.54, 1.807) is 4.68 Å². The Bertz CT molecular complexity index is 1490. The molecule has 3 aromatic carbocycles. The van der Waals surface area contributed by atoms with Gasteiger partial charge in [0.15, 0.2) is 0 Å². The van der Waals surface area contributed by atoms with Crippen LogP contribution in [0.4, 0.5) is 5.95 Å². The Labute approximate surface area is 230 Å². The van der Waals surface area contributed by atoms with Gasteiger partial charge in [-0.3, -0.25) is 0 Å². The summed E-state index contributed by atoms with van der Waals surface area (Å²) in [5.41, 5.74) is 2.95. The van der Waals surface area contributed by atoms with Gasteiger partial charge in [-0.05, 0) is 62.2 Å². The summed E-state index contributed by atoms with van der Waals surface area (Å²) in [6.45, 7) is 5.51. The first-order valence-electron chi connectivity index (χ1n) is 12.2. The van der Waals surface area contributed by atoms with Crippen molar-refractivity contribution in [2.75, 3.05) is 5.32 Å².